The summed E-state index contributed by atoms with van der Waals surface area (Å²) < 4.78 is 0. The third-order valence-corrected chi connectivity index (χ3v) is 16.0. The summed E-state index contributed by atoms with van der Waals surface area (Å²) in [6.45, 7) is 31.6. The van der Waals surface area contributed by atoms with Crippen LogP contribution in [0, 0.1) is 0 Å². The zero-order chi connectivity index (χ0) is 43.9. The molecule has 0 radical (unpaired) electrons. The van der Waals surface area contributed by atoms with Gasteiger partial charge in [-0.3, -0.25) is 4.90 Å². The van der Waals surface area contributed by atoms with E-state index >= 15 is 0 Å². The van der Waals surface area contributed by atoms with Gasteiger partial charge in [0.15, 0.2) is 0 Å². The molecule has 2 aliphatic carbocycles. The van der Waals surface area contributed by atoms with E-state index in [1.165, 1.54) is 92.5 Å². The number of pyridine rings is 1. The van der Waals surface area contributed by atoms with E-state index in [1.54, 1.807) is 0 Å². The fraction of sp³-hybridized carbons (Fsp3) is 0.397. The average molecular weight is 816 g/mol. The summed E-state index contributed by atoms with van der Waals surface area (Å²) in [6, 6.07) is 44.3. The van der Waals surface area contributed by atoms with Crippen molar-refractivity contribution in [1.29, 1.82) is 0 Å². The predicted octanol–water partition coefficient (Wildman–Crippen LogP) is 13.5. The molecule has 0 spiro atoms. The molecule has 62 heavy (non-hydrogen) atoms. The lowest BCUT2D eigenvalue weighted by Gasteiger charge is -2.48. The molecular formula is C58H66BN3. The molecule has 0 N–H and O–H groups in total. The van der Waals surface area contributed by atoms with E-state index < -0.39 is 0 Å². The first-order chi connectivity index (χ1) is 29.1. The minimum atomic E-state index is -0.373. The maximum absolute atomic E-state index is 5.93. The van der Waals surface area contributed by atoms with Crippen LogP contribution in [0.1, 0.15) is 155 Å². The van der Waals surface area contributed by atoms with Crippen LogP contribution in [0.25, 0.3) is 0 Å². The van der Waals surface area contributed by atoms with Crippen molar-refractivity contribution in [1.82, 2.24) is 4.98 Å². The molecule has 1 aromatic heterocycles. The van der Waals surface area contributed by atoms with Gasteiger partial charge in [0.2, 0.25) is 6.71 Å². The van der Waals surface area contributed by atoms with E-state index in [9.17, 15) is 0 Å². The lowest BCUT2D eigenvalue weighted by atomic mass is 9.30. The van der Waals surface area contributed by atoms with Gasteiger partial charge in [-0.15, -0.1) is 0 Å². The molecule has 6 aromatic rings. The number of para-hydroxylation sites is 2. The van der Waals surface area contributed by atoms with Crippen molar-refractivity contribution >= 4 is 57.4 Å². The predicted molar refractivity (Wildman–Crippen MR) is 266 cm³/mol. The quantitative estimate of drug-likeness (QED) is 0.165. The number of anilines is 6. The first-order valence-electron chi connectivity index (χ1n) is 23.3. The molecule has 0 atom stereocenters. The molecule has 0 amide bonds. The van der Waals surface area contributed by atoms with Crippen molar-refractivity contribution in [3.05, 3.63) is 154 Å². The van der Waals surface area contributed by atoms with Crippen molar-refractivity contribution in [2.45, 2.75) is 148 Å². The van der Waals surface area contributed by atoms with Gasteiger partial charge in [0, 0.05) is 39.9 Å². The topological polar surface area (TPSA) is 19.4 Å². The van der Waals surface area contributed by atoms with Gasteiger partial charge in [0.25, 0.3) is 0 Å². The third kappa shape index (κ3) is 6.16. The molecule has 0 bridgehead atoms. The van der Waals surface area contributed by atoms with Crippen molar-refractivity contribution < 1.29 is 0 Å². The molecule has 4 aliphatic rings. The van der Waals surface area contributed by atoms with Crippen LogP contribution in [0.15, 0.2) is 115 Å². The number of nitrogens with zero attached hydrogens (tertiary/aromatic N) is 3. The Labute approximate surface area is 373 Å². The summed E-state index contributed by atoms with van der Waals surface area (Å²) in [5.41, 5.74) is 19.9. The summed E-state index contributed by atoms with van der Waals surface area (Å²) in [6.07, 6.45) is 4.71. The van der Waals surface area contributed by atoms with Crippen molar-refractivity contribution in [3.63, 3.8) is 0 Å². The first kappa shape index (κ1) is 41.0. The van der Waals surface area contributed by atoms with Crippen LogP contribution in [-0.2, 0) is 32.5 Å². The van der Waals surface area contributed by atoms with E-state index in [4.69, 9.17) is 4.98 Å². The summed E-state index contributed by atoms with van der Waals surface area (Å²) in [4.78, 5) is 11.0. The van der Waals surface area contributed by atoms with Gasteiger partial charge in [-0.25, -0.2) is 4.98 Å². The minimum absolute atomic E-state index is 0.00532. The van der Waals surface area contributed by atoms with Crippen LogP contribution in [-0.4, -0.2) is 11.7 Å². The maximum atomic E-state index is 5.93. The van der Waals surface area contributed by atoms with E-state index in [0.29, 0.717) is 0 Å². The SMILES string of the molecule is CC(C)(C)c1ccc2c(c1)B1c3cc4c(cc3N(c3ccc5c(c3)C(C)(C)CCC5(C)C)c3cc(N(c5ccccc5)c5ccccc5)nc(c31)C2(C)C)C(C)(C)CCC4(C)C. The van der Waals surface area contributed by atoms with E-state index in [-0.39, 0.29) is 39.2 Å². The molecule has 2 aliphatic heterocycles. The van der Waals surface area contributed by atoms with Gasteiger partial charge < -0.3 is 4.90 Å². The maximum Gasteiger partial charge on any atom is 0.249 e. The zero-order valence-electron chi connectivity index (χ0n) is 39.7. The molecule has 0 fully saturated rings. The molecule has 3 heterocycles. The molecule has 0 saturated heterocycles. The highest BCUT2D eigenvalue weighted by molar-refractivity contribution is 6.99. The van der Waals surface area contributed by atoms with E-state index in [2.05, 4.69) is 215 Å². The van der Waals surface area contributed by atoms with Crippen LogP contribution < -0.4 is 26.2 Å². The van der Waals surface area contributed by atoms with Gasteiger partial charge >= 0.3 is 0 Å². The Bertz CT molecular complexity index is 2730. The van der Waals surface area contributed by atoms with Gasteiger partial charge in [0.1, 0.15) is 5.82 Å². The van der Waals surface area contributed by atoms with Crippen LogP contribution in [0.4, 0.5) is 34.3 Å². The van der Waals surface area contributed by atoms with Crippen LogP contribution in [0.3, 0.4) is 0 Å². The minimum Gasteiger partial charge on any atom is -0.311 e. The fourth-order valence-corrected chi connectivity index (χ4v) is 11.8. The second-order valence-electron chi connectivity index (χ2n) is 23.4. The molecule has 316 valence electrons. The summed E-state index contributed by atoms with van der Waals surface area (Å²) in [5, 5.41) is 0. The first-order valence-corrected chi connectivity index (χ1v) is 23.3. The van der Waals surface area contributed by atoms with E-state index in [1.807, 2.05) is 0 Å². The number of fused-ring (bicyclic) bond motifs is 6. The Morgan fingerprint density at radius 1 is 0.516 bits per heavy atom. The van der Waals surface area contributed by atoms with Crippen LogP contribution in [0.2, 0.25) is 0 Å². The van der Waals surface area contributed by atoms with Crippen molar-refractivity contribution in [2.75, 3.05) is 9.80 Å². The Balaban J connectivity index is 1.36. The number of benzene rings is 5. The summed E-state index contributed by atoms with van der Waals surface area (Å²) in [7, 11) is 0. The molecule has 10 rings (SSSR count). The Hall–Kier alpha value is -5.09. The second-order valence-corrected chi connectivity index (χ2v) is 23.4. The molecule has 0 saturated carbocycles. The highest BCUT2D eigenvalue weighted by Gasteiger charge is 2.50. The molecule has 5 aromatic carbocycles. The summed E-state index contributed by atoms with van der Waals surface area (Å²) in [5.74, 6) is 0.935. The highest BCUT2D eigenvalue weighted by Crippen LogP contribution is 2.53. The lowest BCUT2D eigenvalue weighted by Crippen LogP contribution is -2.65. The highest BCUT2D eigenvalue weighted by atomic mass is 15.2. The second kappa shape index (κ2) is 13.5. The molecular weight excluding hydrogens is 749 g/mol. The van der Waals surface area contributed by atoms with Crippen molar-refractivity contribution in [3.8, 4) is 0 Å². The average Bonchev–Trinajstić information content (AvgIpc) is 3.22. The van der Waals surface area contributed by atoms with Gasteiger partial charge in [0.05, 0.1) is 5.69 Å². The van der Waals surface area contributed by atoms with Crippen LogP contribution in [0.5, 0.6) is 0 Å². The Morgan fingerprint density at radius 2 is 1.03 bits per heavy atom. The monoisotopic (exact) mass is 816 g/mol. The van der Waals surface area contributed by atoms with Gasteiger partial charge in [-0.1, -0.05) is 162 Å². The van der Waals surface area contributed by atoms with Gasteiger partial charge in [-0.2, -0.15) is 0 Å². The van der Waals surface area contributed by atoms with Crippen molar-refractivity contribution in [2.24, 2.45) is 0 Å². The Kier molecular flexibility index (Phi) is 8.89. The molecule has 4 heteroatoms. The van der Waals surface area contributed by atoms with Gasteiger partial charge in [-0.05, 0) is 140 Å². The molecule has 3 nitrogen and oxygen atoms in total. The fourth-order valence-electron chi connectivity index (χ4n) is 11.8. The number of rotatable bonds is 4. The largest absolute Gasteiger partial charge is 0.311 e. The summed E-state index contributed by atoms with van der Waals surface area (Å²) >= 11 is 0. The third-order valence-electron chi connectivity index (χ3n) is 16.0. The smallest absolute Gasteiger partial charge is 0.249 e. The zero-order valence-corrected chi connectivity index (χ0v) is 39.7. The number of hydrogen-bond donors (Lipinski definition) is 0. The molecule has 0 unspecified atom stereocenters. The number of hydrogen-bond acceptors (Lipinski definition) is 3. The van der Waals surface area contributed by atoms with E-state index in [0.717, 1.165) is 22.9 Å². The lowest BCUT2D eigenvalue weighted by molar-refractivity contribution is 0.332. The normalized spacial score (nSPS) is 19.4. The van der Waals surface area contributed by atoms with Crippen LogP contribution >= 0.6 is 0 Å². The standard InChI is InChI=1S/C58H66BN3/c1-53(2,3)37-24-26-42-46(32-37)59-47-34-44-45(57(10,11)31-30-56(44,8)9)35-48(47)62(40-25-27-41-43(33-40)55(6,7)29-28-54(41,4)5)49-36-50(60-52(51(49)59)58(42,12)13)61(38-20-16-14-17-21-38)39-22-18-15-19-23-39/h14-27,32-36H,28-31H2,1-13H3. The Morgan fingerprint density at radius 3 is 1.60 bits per heavy atom. The number of aromatic nitrogens is 1.